The van der Waals surface area contributed by atoms with E-state index in [-0.39, 0.29) is 5.91 Å². The first kappa shape index (κ1) is 19.2. The number of carbonyl (C=O) groups is 1. The number of nitrogens with zero attached hydrogens (tertiary/aromatic N) is 3. The van der Waals surface area contributed by atoms with Gasteiger partial charge in [-0.2, -0.15) is 0 Å². The van der Waals surface area contributed by atoms with Gasteiger partial charge in [-0.05, 0) is 36.4 Å². The molecule has 6 nitrogen and oxygen atoms in total. The number of morpholine rings is 1. The second-order valence-corrected chi connectivity index (χ2v) is 7.42. The number of hydrogen-bond donors (Lipinski definition) is 1. The molecule has 1 amide bonds. The molecular weight excluding hydrogens is 388 g/mol. The molecule has 0 spiro atoms. The molecule has 1 N–H and O–H groups in total. The lowest BCUT2D eigenvalue weighted by Crippen LogP contribution is -2.36. The normalized spacial score (nSPS) is 13.9. The van der Waals surface area contributed by atoms with Crippen molar-refractivity contribution in [2.45, 2.75) is 0 Å². The highest BCUT2D eigenvalue weighted by Crippen LogP contribution is 2.27. The van der Waals surface area contributed by atoms with Gasteiger partial charge in [-0.1, -0.05) is 30.3 Å². The maximum absolute atomic E-state index is 12.9. The molecule has 0 bridgehead atoms. The van der Waals surface area contributed by atoms with E-state index in [1.807, 2.05) is 36.4 Å². The van der Waals surface area contributed by atoms with Gasteiger partial charge in [0.15, 0.2) is 0 Å². The van der Waals surface area contributed by atoms with Gasteiger partial charge in [-0.3, -0.25) is 9.78 Å². The van der Waals surface area contributed by atoms with E-state index in [9.17, 15) is 4.79 Å². The predicted octanol–water partition coefficient (Wildman–Crippen LogP) is 4.39. The summed E-state index contributed by atoms with van der Waals surface area (Å²) in [6, 6.07) is 21.6. The Labute approximate surface area is 180 Å². The van der Waals surface area contributed by atoms with Crippen molar-refractivity contribution >= 4 is 28.2 Å². The number of ether oxygens (including phenoxy) is 1. The minimum atomic E-state index is -0.203. The summed E-state index contributed by atoms with van der Waals surface area (Å²) in [5.41, 5.74) is 4.88. The smallest absolute Gasteiger partial charge is 0.257 e. The number of hydrogen-bond acceptors (Lipinski definition) is 5. The van der Waals surface area contributed by atoms with E-state index >= 15 is 0 Å². The Balaban J connectivity index is 1.50. The van der Waals surface area contributed by atoms with Crippen molar-refractivity contribution in [1.82, 2.24) is 9.97 Å². The number of carbonyl (C=O) groups excluding carboxylic acids is 1. The molecule has 0 saturated carbocycles. The molecule has 1 fully saturated rings. The lowest BCUT2D eigenvalue weighted by Gasteiger charge is -2.29. The first-order valence-corrected chi connectivity index (χ1v) is 10.3. The summed E-state index contributed by atoms with van der Waals surface area (Å²) in [5.74, 6) is -0.203. The Morgan fingerprint density at radius 1 is 0.968 bits per heavy atom. The zero-order valence-corrected chi connectivity index (χ0v) is 17.0. The topological polar surface area (TPSA) is 67.4 Å². The second-order valence-electron chi connectivity index (χ2n) is 7.42. The summed E-state index contributed by atoms with van der Waals surface area (Å²) in [5, 5.41) is 3.82. The van der Waals surface area contributed by atoms with Gasteiger partial charge < -0.3 is 15.0 Å². The van der Waals surface area contributed by atoms with Crippen LogP contribution >= 0.6 is 0 Å². The Morgan fingerprint density at radius 3 is 2.68 bits per heavy atom. The molecule has 0 radical (unpaired) electrons. The molecule has 3 heterocycles. The summed E-state index contributed by atoms with van der Waals surface area (Å²) >= 11 is 0. The van der Waals surface area contributed by atoms with Crippen molar-refractivity contribution in [2.75, 3.05) is 36.5 Å². The number of para-hydroxylation sites is 1. The van der Waals surface area contributed by atoms with Crippen LogP contribution in [0.1, 0.15) is 10.4 Å². The van der Waals surface area contributed by atoms with E-state index in [1.54, 1.807) is 24.5 Å². The van der Waals surface area contributed by atoms with E-state index in [0.29, 0.717) is 16.8 Å². The summed E-state index contributed by atoms with van der Waals surface area (Å²) in [7, 11) is 0. The van der Waals surface area contributed by atoms with Crippen LogP contribution in [0.4, 0.5) is 11.4 Å². The van der Waals surface area contributed by atoms with Gasteiger partial charge in [-0.15, -0.1) is 0 Å². The second kappa shape index (κ2) is 8.53. The van der Waals surface area contributed by atoms with E-state index < -0.39 is 0 Å². The Morgan fingerprint density at radius 2 is 1.84 bits per heavy atom. The number of benzene rings is 2. The summed E-state index contributed by atoms with van der Waals surface area (Å²) in [6.07, 6.45) is 3.30. The largest absolute Gasteiger partial charge is 0.378 e. The highest BCUT2D eigenvalue weighted by Gasteiger charge is 2.15. The molecule has 1 saturated heterocycles. The fourth-order valence-electron chi connectivity index (χ4n) is 3.81. The molecule has 0 aliphatic carbocycles. The minimum absolute atomic E-state index is 0.203. The fourth-order valence-corrected chi connectivity index (χ4v) is 3.81. The van der Waals surface area contributed by atoms with Crippen LogP contribution in [-0.2, 0) is 4.74 Å². The van der Waals surface area contributed by atoms with Crippen LogP contribution in [0.2, 0.25) is 0 Å². The molecular formula is C25H22N4O2. The molecule has 1 aliphatic heterocycles. The average Bonchev–Trinajstić information content (AvgIpc) is 2.84. The zero-order valence-electron chi connectivity index (χ0n) is 17.0. The van der Waals surface area contributed by atoms with Gasteiger partial charge in [-0.25, -0.2) is 4.98 Å². The molecule has 2 aromatic heterocycles. The van der Waals surface area contributed by atoms with Gasteiger partial charge in [0.05, 0.1) is 41.9 Å². The number of anilines is 2. The van der Waals surface area contributed by atoms with Gasteiger partial charge in [0.1, 0.15) is 0 Å². The Bertz CT molecular complexity index is 1220. The van der Waals surface area contributed by atoms with E-state index in [2.05, 4.69) is 33.4 Å². The average molecular weight is 410 g/mol. The van der Waals surface area contributed by atoms with Crippen LogP contribution in [0.3, 0.4) is 0 Å². The molecule has 6 heteroatoms. The quantitative estimate of drug-likeness (QED) is 0.541. The van der Waals surface area contributed by atoms with Gasteiger partial charge in [0.25, 0.3) is 5.91 Å². The third-order valence-corrected chi connectivity index (χ3v) is 5.40. The number of amides is 1. The number of aromatic nitrogens is 2. The molecule has 5 rings (SSSR count). The Hall–Kier alpha value is -3.77. The first-order chi connectivity index (χ1) is 15.3. The zero-order chi connectivity index (χ0) is 21.0. The van der Waals surface area contributed by atoms with E-state index in [4.69, 9.17) is 9.72 Å². The van der Waals surface area contributed by atoms with Crippen molar-refractivity contribution in [2.24, 2.45) is 0 Å². The third kappa shape index (κ3) is 4.11. The van der Waals surface area contributed by atoms with E-state index in [0.717, 1.165) is 48.6 Å². The van der Waals surface area contributed by atoms with Crippen LogP contribution in [0, 0.1) is 0 Å². The number of nitrogens with one attached hydrogen (secondary N) is 1. The van der Waals surface area contributed by atoms with Crippen LogP contribution in [0.25, 0.3) is 22.2 Å². The van der Waals surface area contributed by atoms with Crippen LogP contribution in [-0.4, -0.2) is 42.2 Å². The van der Waals surface area contributed by atoms with Gasteiger partial charge in [0.2, 0.25) is 0 Å². The van der Waals surface area contributed by atoms with Crippen LogP contribution < -0.4 is 10.2 Å². The monoisotopic (exact) mass is 410 g/mol. The lowest BCUT2D eigenvalue weighted by molar-refractivity contribution is 0.102. The molecule has 31 heavy (non-hydrogen) atoms. The van der Waals surface area contributed by atoms with Crippen molar-refractivity contribution in [1.29, 1.82) is 0 Å². The summed E-state index contributed by atoms with van der Waals surface area (Å²) in [6.45, 7) is 3.25. The van der Waals surface area contributed by atoms with Crippen LogP contribution in [0.5, 0.6) is 0 Å². The maximum Gasteiger partial charge on any atom is 0.257 e. The maximum atomic E-state index is 12.9. The fraction of sp³-hybridized carbons (Fsp3) is 0.160. The lowest BCUT2D eigenvalue weighted by atomic mass is 10.1. The highest BCUT2D eigenvalue weighted by molar-refractivity contribution is 6.12. The molecule has 0 unspecified atom stereocenters. The molecule has 4 aromatic rings. The minimum Gasteiger partial charge on any atom is -0.378 e. The summed E-state index contributed by atoms with van der Waals surface area (Å²) < 4.78 is 5.47. The SMILES string of the molecule is O=C(Nc1cccnc1)c1cccc2ccc(-c3cccc(N4CCOCC4)c3)nc12. The van der Waals surface area contributed by atoms with E-state index in [1.165, 1.54) is 0 Å². The molecule has 154 valence electrons. The molecule has 2 aromatic carbocycles. The highest BCUT2D eigenvalue weighted by atomic mass is 16.5. The number of pyridine rings is 2. The molecule has 1 aliphatic rings. The third-order valence-electron chi connectivity index (χ3n) is 5.40. The van der Waals surface area contributed by atoms with Crippen molar-refractivity contribution < 1.29 is 9.53 Å². The first-order valence-electron chi connectivity index (χ1n) is 10.3. The summed E-state index contributed by atoms with van der Waals surface area (Å²) in [4.78, 5) is 24.2. The van der Waals surface area contributed by atoms with Crippen LogP contribution in [0.15, 0.2) is 79.1 Å². The van der Waals surface area contributed by atoms with Crippen molar-refractivity contribution in [3.63, 3.8) is 0 Å². The standard InChI is InChI=1S/C25H22N4O2/c30-25(27-20-6-3-11-26-17-20)22-8-2-4-18-9-10-23(28-24(18)22)19-5-1-7-21(16-19)29-12-14-31-15-13-29/h1-11,16-17H,12-15H2,(H,27,30). The molecule has 0 atom stereocenters. The van der Waals surface area contributed by atoms with Gasteiger partial charge >= 0.3 is 0 Å². The van der Waals surface area contributed by atoms with Crippen molar-refractivity contribution in [3.8, 4) is 11.3 Å². The number of rotatable bonds is 4. The Kier molecular flexibility index (Phi) is 5.29. The van der Waals surface area contributed by atoms with Crippen molar-refractivity contribution in [3.05, 3.63) is 84.7 Å². The van der Waals surface area contributed by atoms with Gasteiger partial charge in [0, 0.05) is 35.9 Å². The number of fused-ring (bicyclic) bond motifs is 1. The predicted molar refractivity (Wildman–Crippen MR) is 122 cm³/mol.